The molecule has 1 unspecified atom stereocenters. The second-order valence-corrected chi connectivity index (χ2v) is 4.52. The summed E-state index contributed by atoms with van der Waals surface area (Å²) in [6.07, 6.45) is 5.49. The molecule has 1 N–H and O–H groups in total. The quantitative estimate of drug-likeness (QED) is 0.803. The number of hydrogen-bond acceptors (Lipinski definition) is 2. The van der Waals surface area contributed by atoms with Crippen molar-refractivity contribution in [2.75, 3.05) is 13.2 Å². The summed E-state index contributed by atoms with van der Waals surface area (Å²) in [6, 6.07) is 0. The van der Waals surface area contributed by atoms with E-state index in [1.807, 2.05) is 6.20 Å². The third-order valence-electron chi connectivity index (χ3n) is 3.01. The van der Waals surface area contributed by atoms with E-state index >= 15 is 0 Å². The molecule has 0 amide bonds. The van der Waals surface area contributed by atoms with Crippen LogP contribution in [-0.4, -0.2) is 22.8 Å². The molecule has 1 fully saturated rings. The third-order valence-corrected chi connectivity index (χ3v) is 3.35. The molecule has 1 aromatic heterocycles. The van der Waals surface area contributed by atoms with E-state index in [0.29, 0.717) is 5.92 Å². The molecule has 2 rings (SSSR count). The number of H-pyrrole nitrogens is 1. The second-order valence-electron chi connectivity index (χ2n) is 4.13. The first-order valence-corrected chi connectivity index (χ1v) is 6.07. The van der Waals surface area contributed by atoms with Gasteiger partial charge in [-0.3, -0.25) is 0 Å². The van der Waals surface area contributed by atoms with Crippen LogP contribution < -0.4 is 0 Å². The van der Waals surface area contributed by atoms with Gasteiger partial charge in [-0.25, -0.2) is 0 Å². The Morgan fingerprint density at radius 1 is 1.67 bits per heavy atom. The lowest BCUT2D eigenvalue weighted by Crippen LogP contribution is -2.22. The molecule has 1 aliphatic heterocycles. The van der Waals surface area contributed by atoms with Crippen LogP contribution in [0.4, 0.5) is 0 Å². The number of rotatable bonds is 3. The average Bonchev–Trinajstić information content (AvgIpc) is 2.62. The van der Waals surface area contributed by atoms with Crippen molar-refractivity contribution in [2.45, 2.75) is 32.7 Å². The molecule has 1 aliphatic rings. The maximum Gasteiger partial charge on any atom is 0.177 e. The zero-order valence-electron chi connectivity index (χ0n) is 9.16. The Kier molecular flexibility index (Phi) is 3.59. The fraction of sp³-hybridized carbons (Fsp3) is 0.727. The highest BCUT2D eigenvalue weighted by Crippen LogP contribution is 2.17. The van der Waals surface area contributed by atoms with E-state index in [1.54, 1.807) is 0 Å². The molecule has 15 heavy (non-hydrogen) atoms. The Morgan fingerprint density at radius 2 is 2.53 bits per heavy atom. The van der Waals surface area contributed by atoms with Gasteiger partial charge in [0.25, 0.3) is 0 Å². The number of nitrogens with zero attached hydrogens (tertiary/aromatic N) is 1. The Bertz CT molecular complexity index is 363. The molecule has 1 saturated heterocycles. The fourth-order valence-corrected chi connectivity index (χ4v) is 2.38. The van der Waals surface area contributed by atoms with E-state index < -0.39 is 0 Å². The van der Waals surface area contributed by atoms with Crippen LogP contribution in [-0.2, 0) is 17.7 Å². The van der Waals surface area contributed by atoms with Crippen molar-refractivity contribution in [2.24, 2.45) is 5.92 Å². The lowest BCUT2D eigenvalue weighted by Gasteiger charge is -2.23. The van der Waals surface area contributed by atoms with Gasteiger partial charge in [0, 0.05) is 31.0 Å². The van der Waals surface area contributed by atoms with Crippen LogP contribution in [0, 0.1) is 10.7 Å². The van der Waals surface area contributed by atoms with Crippen LogP contribution in [0.5, 0.6) is 0 Å². The van der Waals surface area contributed by atoms with Crippen LogP contribution in [0.15, 0.2) is 6.20 Å². The average molecular weight is 226 g/mol. The van der Waals surface area contributed by atoms with Crippen molar-refractivity contribution in [1.82, 2.24) is 9.55 Å². The molecule has 84 valence electrons. The van der Waals surface area contributed by atoms with Crippen LogP contribution >= 0.6 is 12.2 Å². The summed E-state index contributed by atoms with van der Waals surface area (Å²) in [5.41, 5.74) is 1.30. The van der Waals surface area contributed by atoms with Crippen molar-refractivity contribution in [3.05, 3.63) is 16.7 Å². The van der Waals surface area contributed by atoms with Gasteiger partial charge in [0.1, 0.15) is 0 Å². The van der Waals surface area contributed by atoms with Gasteiger partial charge in [0.05, 0.1) is 6.61 Å². The molecular weight excluding hydrogens is 208 g/mol. The van der Waals surface area contributed by atoms with E-state index in [9.17, 15) is 0 Å². The first kappa shape index (κ1) is 10.9. The summed E-state index contributed by atoms with van der Waals surface area (Å²) in [7, 11) is 0. The minimum atomic E-state index is 0.631. The molecule has 0 bridgehead atoms. The summed E-state index contributed by atoms with van der Waals surface area (Å²) >= 11 is 5.27. The Balaban J connectivity index is 2.08. The van der Waals surface area contributed by atoms with Gasteiger partial charge in [-0.05, 0) is 31.5 Å². The molecule has 1 atom stereocenters. The Morgan fingerprint density at radius 3 is 3.20 bits per heavy atom. The molecule has 0 aromatic carbocycles. The normalized spacial score (nSPS) is 21.8. The SMILES string of the molecule is CCc1c[nH]c(=S)n1CC1CCCOC1. The van der Waals surface area contributed by atoms with Gasteiger partial charge in [-0.15, -0.1) is 0 Å². The van der Waals surface area contributed by atoms with Crippen LogP contribution in [0.3, 0.4) is 0 Å². The number of ether oxygens (including phenoxy) is 1. The second kappa shape index (κ2) is 4.94. The molecule has 0 saturated carbocycles. The standard InChI is InChI=1S/C11H18N2OS/c1-2-10-6-12-11(15)13(10)7-9-4-3-5-14-8-9/h6,9H,2-5,7-8H2,1H3,(H,12,15). The van der Waals surface area contributed by atoms with Gasteiger partial charge in [-0.2, -0.15) is 0 Å². The zero-order valence-corrected chi connectivity index (χ0v) is 9.98. The molecule has 3 nitrogen and oxygen atoms in total. The van der Waals surface area contributed by atoms with Crippen molar-refractivity contribution >= 4 is 12.2 Å². The monoisotopic (exact) mass is 226 g/mol. The largest absolute Gasteiger partial charge is 0.381 e. The van der Waals surface area contributed by atoms with Crippen molar-refractivity contribution in [3.63, 3.8) is 0 Å². The third kappa shape index (κ3) is 2.49. The van der Waals surface area contributed by atoms with Gasteiger partial charge in [0.2, 0.25) is 0 Å². The maximum atomic E-state index is 5.49. The van der Waals surface area contributed by atoms with Crippen molar-refractivity contribution < 1.29 is 4.74 Å². The van der Waals surface area contributed by atoms with E-state index in [1.165, 1.54) is 18.5 Å². The molecule has 2 heterocycles. The number of aryl methyl sites for hydroxylation is 1. The zero-order chi connectivity index (χ0) is 10.7. The van der Waals surface area contributed by atoms with E-state index in [4.69, 9.17) is 17.0 Å². The smallest absolute Gasteiger partial charge is 0.177 e. The summed E-state index contributed by atoms with van der Waals surface area (Å²) in [5, 5.41) is 0. The highest BCUT2D eigenvalue weighted by Gasteiger charge is 2.15. The van der Waals surface area contributed by atoms with Crippen LogP contribution in [0.25, 0.3) is 0 Å². The number of nitrogens with one attached hydrogen (secondary N) is 1. The van der Waals surface area contributed by atoms with Gasteiger partial charge < -0.3 is 14.3 Å². The lowest BCUT2D eigenvalue weighted by atomic mass is 10.0. The summed E-state index contributed by atoms with van der Waals surface area (Å²) in [4.78, 5) is 3.11. The predicted molar refractivity (Wildman–Crippen MR) is 62.5 cm³/mol. The van der Waals surface area contributed by atoms with E-state index in [2.05, 4.69) is 16.5 Å². The molecule has 0 radical (unpaired) electrons. The van der Waals surface area contributed by atoms with Crippen LogP contribution in [0.2, 0.25) is 0 Å². The van der Waals surface area contributed by atoms with Crippen molar-refractivity contribution in [3.8, 4) is 0 Å². The van der Waals surface area contributed by atoms with Gasteiger partial charge >= 0.3 is 0 Å². The highest BCUT2D eigenvalue weighted by molar-refractivity contribution is 7.71. The Hall–Kier alpha value is -0.610. The molecule has 0 aliphatic carbocycles. The number of imidazole rings is 1. The lowest BCUT2D eigenvalue weighted by molar-refractivity contribution is 0.0479. The summed E-state index contributed by atoms with van der Waals surface area (Å²) in [6.45, 7) is 4.98. The summed E-state index contributed by atoms with van der Waals surface area (Å²) < 4.78 is 8.55. The topological polar surface area (TPSA) is 29.9 Å². The number of aromatic amines is 1. The molecule has 4 heteroatoms. The van der Waals surface area contributed by atoms with Gasteiger partial charge in [-0.1, -0.05) is 6.92 Å². The fourth-order valence-electron chi connectivity index (χ4n) is 2.13. The molecule has 1 aromatic rings. The summed E-state index contributed by atoms with van der Waals surface area (Å²) in [5.74, 6) is 0.631. The first-order valence-electron chi connectivity index (χ1n) is 5.66. The molecule has 0 spiro atoms. The van der Waals surface area contributed by atoms with Crippen molar-refractivity contribution in [1.29, 1.82) is 0 Å². The van der Waals surface area contributed by atoms with E-state index in [0.717, 1.165) is 31.0 Å². The van der Waals surface area contributed by atoms with Crippen LogP contribution in [0.1, 0.15) is 25.5 Å². The highest BCUT2D eigenvalue weighted by atomic mass is 32.1. The minimum Gasteiger partial charge on any atom is -0.381 e. The maximum absolute atomic E-state index is 5.49. The first-order chi connectivity index (χ1) is 7.31. The van der Waals surface area contributed by atoms with E-state index in [-0.39, 0.29) is 0 Å². The number of aromatic nitrogens is 2. The Labute approximate surface area is 95.5 Å². The van der Waals surface area contributed by atoms with Gasteiger partial charge in [0.15, 0.2) is 4.77 Å². The molecular formula is C11H18N2OS. The predicted octanol–water partition coefficient (Wildman–Crippen LogP) is 2.53. The number of hydrogen-bond donors (Lipinski definition) is 1. The minimum absolute atomic E-state index is 0.631.